The van der Waals surface area contributed by atoms with E-state index in [1.54, 1.807) is 18.2 Å². The van der Waals surface area contributed by atoms with Crippen LogP contribution in [0.5, 0.6) is 17.2 Å². The van der Waals surface area contributed by atoms with E-state index in [1.807, 2.05) is 0 Å². The fourth-order valence-electron chi connectivity index (χ4n) is 3.54. The highest BCUT2D eigenvalue weighted by molar-refractivity contribution is 5.86. The molecule has 1 aliphatic heterocycles. The molecule has 1 saturated heterocycles. The SMILES string of the molecule is COc1cc(OC2OC(CO)C(O)C(O)C2O)c2c(=O)cc(-c3ccccc3O)oc2c1. The van der Waals surface area contributed by atoms with Crippen LogP contribution in [0.2, 0.25) is 0 Å². The maximum Gasteiger partial charge on any atom is 0.229 e. The number of phenols is 1. The van der Waals surface area contributed by atoms with Gasteiger partial charge in [-0.2, -0.15) is 0 Å². The number of hydrogen-bond donors (Lipinski definition) is 5. The van der Waals surface area contributed by atoms with E-state index >= 15 is 0 Å². The van der Waals surface area contributed by atoms with E-state index in [-0.39, 0.29) is 34.0 Å². The number of aromatic hydroxyl groups is 1. The molecule has 32 heavy (non-hydrogen) atoms. The van der Waals surface area contributed by atoms with Gasteiger partial charge in [-0.25, -0.2) is 0 Å². The number of fused-ring (bicyclic) bond motifs is 1. The molecule has 3 aromatic rings. The summed E-state index contributed by atoms with van der Waals surface area (Å²) >= 11 is 0. The van der Waals surface area contributed by atoms with E-state index in [1.165, 1.54) is 31.4 Å². The van der Waals surface area contributed by atoms with Crippen molar-refractivity contribution < 1.29 is 44.2 Å². The topological polar surface area (TPSA) is 159 Å². The normalized spacial score (nSPS) is 25.6. The summed E-state index contributed by atoms with van der Waals surface area (Å²) in [6.07, 6.45) is -7.55. The van der Waals surface area contributed by atoms with Crippen molar-refractivity contribution in [3.05, 3.63) is 52.7 Å². The lowest BCUT2D eigenvalue weighted by molar-refractivity contribution is -0.277. The van der Waals surface area contributed by atoms with Crippen molar-refractivity contribution in [2.24, 2.45) is 0 Å². The highest BCUT2D eigenvalue weighted by Gasteiger charge is 2.45. The first-order chi connectivity index (χ1) is 15.3. The Hall–Kier alpha value is -3.15. The zero-order valence-corrected chi connectivity index (χ0v) is 16.9. The highest BCUT2D eigenvalue weighted by Crippen LogP contribution is 2.35. The fraction of sp³-hybridized carbons (Fsp3) is 0.318. The van der Waals surface area contributed by atoms with Gasteiger partial charge in [-0.1, -0.05) is 12.1 Å². The van der Waals surface area contributed by atoms with Crippen molar-refractivity contribution in [1.29, 1.82) is 0 Å². The molecule has 2 aromatic carbocycles. The van der Waals surface area contributed by atoms with E-state index in [9.17, 15) is 30.3 Å². The van der Waals surface area contributed by atoms with Gasteiger partial charge in [0.05, 0.1) is 19.3 Å². The Morgan fingerprint density at radius 3 is 2.47 bits per heavy atom. The molecule has 5 atom stereocenters. The van der Waals surface area contributed by atoms with Gasteiger partial charge in [-0.3, -0.25) is 4.79 Å². The van der Waals surface area contributed by atoms with E-state index in [0.29, 0.717) is 5.56 Å². The number of phenolic OH excluding ortho intramolecular Hbond substituents is 1. The fourth-order valence-corrected chi connectivity index (χ4v) is 3.54. The zero-order valence-electron chi connectivity index (χ0n) is 16.9. The maximum absolute atomic E-state index is 13.0. The van der Waals surface area contributed by atoms with Crippen LogP contribution in [-0.2, 0) is 4.74 Å². The first-order valence-electron chi connectivity index (χ1n) is 9.75. The van der Waals surface area contributed by atoms with Crippen molar-refractivity contribution >= 4 is 11.0 Å². The van der Waals surface area contributed by atoms with E-state index < -0.39 is 42.7 Å². The molecule has 0 saturated carbocycles. The summed E-state index contributed by atoms with van der Waals surface area (Å²) in [7, 11) is 1.39. The number of methoxy groups -OCH3 is 1. The Morgan fingerprint density at radius 1 is 1.03 bits per heavy atom. The van der Waals surface area contributed by atoms with Gasteiger partial charge < -0.3 is 44.2 Å². The lowest BCUT2D eigenvalue weighted by Crippen LogP contribution is -2.60. The van der Waals surface area contributed by atoms with Crippen LogP contribution in [0.15, 0.2) is 51.7 Å². The Morgan fingerprint density at radius 2 is 1.78 bits per heavy atom. The van der Waals surface area contributed by atoms with E-state index in [4.69, 9.17) is 18.6 Å². The van der Waals surface area contributed by atoms with Crippen LogP contribution in [0.3, 0.4) is 0 Å². The van der Waals surface area contributed by atoms with E-state index in [0.717, 1.165) is 0 Å². The third kappa shape index (κ3) is 3.90. The van der Waals surface area contributed by atoms with Crippen molar-refractivity contribution in [3.63, 3.8) is 0 Å². The third-order valence-electron chi connectivity index (χ3n) is 5.26. The second-order valence-electron chi connectivity index (χ2n) is 7.31. The van der Waals surface area contributed by atoms with Gasteiger partial charge >= 0.3 is 0 Å². The first-order valence-corrected chi connectivity index (χ1v) is 9.75. The van der Waals surface area contributed by atoms with Crippen LogP contribution in [0.4, 0.5) is 0 Å². The van der Waals surface area contributed by atoms with Gasteiger partial charge in [0.1, 0.15) is 58.4 Å². The van der Waals surface area contributed by atoms with Gasteiger partial charge in [-0.05, 0) is 12.1 Å². The molecule has 0 amide bonds. The minimum atomic E-state index is -1.67. The van der Waals surface area contributed by atoms with Crippen LogP contribution >= 0.6 is 0 Å². The minimum absolute atomic E-state index is 0.00179. The number of rotatable bonds is 5. The van der Waals surface area contributed by atoms with Crippen molar-refractivity contribution in [1.82, 2.24) is 0 Å². The number of hydrogen-bond acceptors (Lipinski definition) is 10. The lowest BCUT2D eigenvalue weighted by Gasteiger charge is -2.39. The number of ether oxygens (including phenoxy) is 3. The molecule has 1 aliphatic rings. The Kier molecular flexibility index (Phi) is 6.04. The van der Waals surface area contributed by atoms with Gasteiger partial charge in [0, 0.05) is 18.2 Å². The van der Waals surface area contributed by atoms with Crippen LogP contribution in [0, 0.1) is 0 Å². The molecule has 1 aromatic heterocycles. The van der Waals surface area contributed by atoms with Gasteiger partial charge in [0.25, 0.3) is 0 Å². The summed E-state index contributed by atoms with van der Waals surface area (Å²) in [6.45, 7) is -0.629. The monoisotopic (exact) mass is 446 g/mol. The van der Waals surface area contributed by atoms with Gasteiger partial charge in [0.15, 0.2) is 5.43 Å². The average molecular weight is 446 g/mol. The molecule has 1 fully saturated rings. The molecule has 10 nitrogen and oxygen atoms in total. The van der Waals surface area contributed by atoms with Crippen LogP contribution < -0.4 is 14.9 Å². The molecular formula is C22H22O10. The number of aliphatic hydroxyl groups excluding tert-OH is 4. The van der Waals surface area contributed by atoms with Crippen molar-refractivity contribution in [3.8, 4) is 28.6 Å². The summed E-state index contributed by atoms with van der Waals surface area (Å²) in [5, 5.41) is 49.7. The summed E-state index contributed by atoms with van der Waals surface area (Å²) in [5.41, 5.74) is -0.118. The molecule has 2 heterocycles. The van der Waals surface area contributed by atoms with Crippen LogP contribution in [0.25, 0.3) is 22.3 Å². The molecule has 0 aliphatic carbocycles. The van der Waals surface area contributed by atoms with E-state index in [2.05, 4.69) is 0 Å². The molecule has 5 N–H and O–H groups in total. The first kappa shape index (κ1) is 22.1. The average Bonchev–Trinajstić information content (AvgIpc) is 2.79. The minimum Gasteiger partial charge on any atom is -0.507 e. The predicted molar refractivity (Wildman–Crippen MR) is 111 cm³/mol. The molecule has 0 bridgehead atoms. The predicted octanol–water partition coefficient (Wildman–Crippen LogP) is 0.353. The molecule has 5 unspecified atom stereocenters. The van der Waals surface area contributed by atoms with Crippen LogP contribution in [0.1, 0.15) is 0 Å². The van der Waals surface area contributed by atoms with Crippen molar-refractivity contribution in [2.75, 3.05) is 13.7 Å². The molecule has 0 spiro atoms. The number of aliphatic hydroxyl groups is 4. The quantitative estimate of drug-likeness (QED) is 0.370. The maximum atomic E-state index is 13.0. The Labute approximate surface area is 181 Å². The Balaban J connectivity index is 1.80. The third-order valence-corrected chi connectivity index (χ3v) is 5.26. The standard InChI is InChI=1S/C22H22O10/c1-29-10-6-15-18(13(25)8-14(30-15)11-4-2-3-5-12(11)24)16(7-10)31-22-21(28)20(27)19(26)17(9-23)32-22/h2-8,17,19-24,26-28H,9H2,1H3. The zero-order chi connectivity index (χ0) is 23.0. The number of benzene rings is 2. The smallest absolute Gasteiger partial charge is 0.229 e. The Bertz CT molecular complexity index is 1170. The van der Waals surface area contributed by atoms with Crippen molar-refractivity contribution in [2.45, 2.75) is 30.7 Å². The van der Waals surface area contributed by atoms with Gasteiger partial charge in [-0.15, -0.1) is 0 Å². The highest BCUT2D eigenvalue weighted by atomic mass is 16.7. The molecule has 4 rings (SSSR count). The summed E-state index contributed by atoms with van der Waals surface area (Å²) in [6, 6.07) is 10.4. The lowest BCUT2D eigenvalue weighted by atomic mass is 9.99. The van der Waals surface area contributed by atoms with Crippen LogP contribution in [-0.4, -0.2) is 70.0 Å². The van der Waals surface area contributed by atoms with Gasteiger partial charge in [0.2, 0.25) is 6.29 Å². The number of para-hydroxylation sites is 1. The second kappa shape index (κ2) is 8.77. The largest absolute Gasteiger partial charge is 0.507 e. The molecule has 170 valence electrons. The summed E-state index contributed by atoms with van der Waals surface area (Å²) in [4.78, 5) is 13.0. The summed E-state index contributed by atoms with van der Waals surface area (Å²) in [5.74, 6) is 0.235. The molecule has 0 radical (unpaired) electrons. The second-order valence-corrected chi connectivity index (χ2v) is 7.31. The summed E-state index contributed by atoms with van der Waals surface area (Å²) < 4.78 is 22.1. The molecule has 10 heteroatoms. The molecular weight excluding hydrogens is 424 g/mol.